The summed E-state index contributed by atoms with van der Waals surface area (Å²) >= 11 is 6.10. The maximum atomic E-state index is 10.1. The fraction of sp³-hybridized carbons (Fsp3) is 0.500. The molecular formula is C4H4ClNOS. The number of hydrogen-bond donors (Lipinski definition) is 0. The first-order valence-electron chi connectivity index (χ1n) is 1.84. The number of hydrogen-bond acceptors (Lipinski definition) is 3. The quantitative estimate of drug-likeness (QED) is 0.551. The van der Waals surface area contributed by atoms with Crippen LogP contribution in [0, 0.1) is 11.3 Å². The third-order valence-corrected chi connectivity index (χ3v) is 1.70. The summed E-state index contributed by atoms with van der Waals surface area (Å²) < 4.78 is 0. The zero-order chi connectivity index (χ0) is 6.57. The minimum Gasteiger partial charge on any atom is -0.279 e. The topological polar surface area (TPSA) is 40.9 Å². The largest absolute Gasteiger partial charge is 0.279 e. The molecule has 1 unspecified atom stereocenters. The number of carbonyl (C=O) groups excluding carboxylic acids is 1. The molecular weight excluding hydrogens is 146 g/mol. The van der Waals surface area contributed by atoms with Crippen LogP contribution in [0.2, 0.25) is 0 Å². The van der Waals surface area contributed by atoms with Gasteiger partial charge in [-0.1, -0.05) is 0 Å². The highest BCUT2D eigenvalue weighted by atomic mass is 35.5. The molecule has 0 saturated carbocycles. The van der Waals surface area contributed by atoms with E-state index in [4.69, 9.17) is 16.9 Å². The van der Waals surface area contributed by atoms with E-state index in [2.05, 4.69) is 0 Å². The maximum absolute atomic E-state index is 10.1. The van der Waals surface area contributed by atoms with Crippen LogP contribution in [0.15, 0.2) is 0 Å². The Balaban J connectivity index is 3.76. The van der Waals surface area contributed by atoms with Gasteiger partial charge in [-0.3, -0.25) is 4.79 Å². The Labute approximate surface area is 56.8 Å². The van der Waals surface area contributed by atoms with Crippen LogP contribution in [0.3, 0.4) is 0 Å². The standard InChI is InChI=1S/C4H4ClNOS/c1-8-3(2-6)4(5)7/h3H,1H3. The molecule has 0 amide bonds. The highest BCUT2D eigenvalue weighted by Gasteiger charge is 2.11. The molecule has 2 nitrogen and oxygen atoms in total. The van der Waals surface area contributed by atoms with Crippen molar-refractivity contribution in [3.63, 3.8) is 0 Å². The summed E-state index contributed by atoms with van der Waals surface area (Å²) in [5.74, 6) is 0. The molecule has 0 aromatic heterocycles. The second-order valence-corrected chi connectivity index (χ2v) is 2.36. The van der Waals surface area contributed by atoms with Gasteiger partial charge in [0.15, 0.2) is 5.25 Å². The third kappa shape index (κ3) is 2.20. The average molecular weight is 150 g/mol. The van der Waals surface area contributed by atoms with Gasteiger partial charge in [0.25, 0.3) is 0 Å². The molecule has 0 aromatic rings. The lowest BCUT2D eigenvalue weighted by Crippen LogP contribution is -2.06. The Bertz CT molecular complexity index is 130. The van der Waals surface area contributed by atoms with Crippen molar-refractivity contribution in [1.29, 1.82) is 5.26 Å². The van der Waals surface area contributed by atoms with Crippen molar-refractivity contribution < 1.29 is 4.79 Å². The van der Waals surface area contributed by atoms with E-state index in [9.17, 15) is 4.79 Å². The Hall–Kier alpha value is -0.200. The van der Waals surface area contributed by atoms with E-state index >= 15 is 0 Å². The number of nitriles is 1. The average Bonchev–Trinajstić information content (AvgIpc) is 1.69. The third-order valence-electron chi connectivity index (χ3n) is 0.559. The Morgan fingerprint density at radius 1 is 2.00 bits per heavy atom. The lowest BCUT2D eigenvalue weighted by atomic mass is 10.5. The summed E-state index contributed by atoms with van der Waals surface area (Å²) in [6.07, 6.45) is 1.66. The highest BCUT2D eigenvalue weighted by molar-refractivity contribution is 8.00. The van der Waals surface area contributed by atoms with Gasteiger partial charge in [-0.05, 0) is 17.9 Å². The first-order valence-corrected chi connectivity index (χ1v) is 3.50. The summed E-state index contributed by atoms with van der Waals surface area (Å²) in [4.78, 5) is 10.1. The fourth-order valence-electron chi connectivity index (χ4n) is 0.196. The molecule has 0 heterocycles. The molecule has 44 valence electrons. The molecule has 0 rings (SSSR count). The van der Waals surface area contributed by atoms with E-state index in [1.165, 1.54) is 0 Å². The summed E-state index contributed by atoms with van der Waals surface area (Å²) in [5, 5.41) is 6.83. The van der Waals surface area contributed by atoms with Crippen molar-refractivity contribution in [1.82, 2.24) is 0 Å². The number of thioether (sulfide) groups is 1. The first-order chi connectivity index (χ1) is 3.72. The van der Waals surface area contributed by atoms with Crippen LogP contribution in [-0.4, -0.2) is 16.7 Å². The second-order valence-electron chi connectivity index (χ2n) is 1.05. The molecule has 0 aliphatic heterocycles. The van der Waals surface area contributed by atoms with Crippen LogP contribution >= 0.6 is 23.4 Å². The van der Waals surface area contributed by atoms with Crippen molar-refractivity contribution >= 4 is 28.6 Å². The normalized spacial score (nSPS) is 12.1. The van der Waals surface area contributed by atoms with Crippen LogP contribution in [0.1, 0.15) is 0 Å². The summed E-state index contributed by atoms with van der Waals surface area (Å²) in [7, 11) is 0. The summed E-state index contributed by atoms with van der Waals surface area (Å²) in [6, 6.07) is 1.73. The highest BCUT2D eigenvalue weighted by Crippen LogP contribution is 2.07. The van der Waals surface area contributed by atoms with E-state index < -0.39 is 10.5 Å². The molecule has 0 radical (unpaired) electrons. The Morgan fingerprint density at radius 2 is 2.50 bits per heavy atom. The molecule has 4 heteroatoms. The van der Waals surface area contributed by atoms with Crippen LogP contribution in [0.5, 0.6) is 0 Å². The second kappa shape index (κ2) is 3.76. The van der Waals surface area contributed by atoms with E-state index in [0.29, 0.717) is 0 Å². The Kier molecular flexibility index (Phi) is 3.67. The summed E-state index contributed by atoms with van der Waals surface area (Å²) in [5.41, 5.74) is 0. The SMILES string of the molecule is CSC(C#N)C(=O)Cl. The van der Waals surface area contributed by atoms with Crippen LogP contribution in [0.25, 0.3) is 0 Å². The van der Waals surface area contributed by atoms with E-state index in [1.807, 2.05) is 0 Å². The number of halogens is 1. The first kappa shape index (κ1) is 7.80. The number of rotatable bonds is 2. The molecule has 0 spiro atoms. The van der Waals surface area contributed by atoms with E-state index in [-0.39, 0.29) is 0 Å². The van der Waals surface area contributed by atoms with Crippen molar-refractivity contribution in [2.45, 2.75) is 5.25 Å². The molecule has 1 atom stereocenters. The lowest BCUT2D eigenvalue weighted by Gasteiger charge is -1.92. The molecule has 0 bridgehead atoms. The van der Waals surface area contributed by atoms with Crippen LogP contribution < -0.4 is 0 Å². The van der Waals surface area contributed by atoms with Gasteiger partial charge in [-0.2, -0.15) is 5.26 Å². The monoisotopic (exact) mass is 149 g/mol. The molecule has 0 fully saturated rings. The molecule has 8 heavy (non-hydrogen) atoms. The van der Waals surface area contributed by atoms with E-state index in [1.54, 1.807) is 12.3 Å². The predicted octanol–water partition coefficient (Wildman–Crippen LogP) is 1.01. The fourth-order valence-corrected chi connectivity index (χ4v) is 0.803. The van der Waals surface area contributed by atoms with Gasteiger partial charge in [-0.15, -0.1) is 11.8 Å². The molecule has 0 N–H and O–H groups in total. The Morgan fingerprint density at radius 3 is 2.50 bits per heavy atom. The number of carbonyl (C=O) groups is 1. The van der Waals surface area contributed by atoms with Gasteiger partial charge in [0.05, 0.1) is 6.07 Å². The summed E-state index contributed by atoms with van der Waals surface area (Å²) in [6.45, 7) is 0. The van der Waals surface area contributed by atoms with Gasteiger partial charge in [-0.25, -0.2) is 0 Å². The van der Waals surface area contributed by atoms with Gasteiger partial charge in [0, 0.05) is 0 Å². The molecule has 0 saturated heterocycles. The smallest absolute Gasteiger partial charge is 0.248 e. The lowest BCUT2D eigenvalue weighted by molar-refractivity contribution is -0.110. The minimum absolute atomic E-state index is 0.597. The molecule has 0 aliphatic carbocycles. The van der Waals surface area contributed by atoms with Crippen molar-refractivity contribution in [3.8, 4) is 6.07 Å². The van der Waals surface area contributed by atoms with Crippen molar-refractivity contribution in [3.05, 3.63) is 0 Å². The van der Waals surface area contributed by atoms with E-state index in [0.717, 1.165) is 11.8 Å². The van der Waals surface area contributed by atoms with Crippen molar-refractivity contribution in [2.75, 3.05) is 6.26 Å². The predicted molar refractivity (Wildman–Crippen MR) is 33.8 cm³/mol. The van der Waals surface area contributed by atoms with Crippen LogP contribution in [-0.2, 0) is 4.79 Å². The molecule has 0 aliphatic rings. The van der Waals surface area contributed by atoms with Gasteiger partial charge in [0.1, 0.15) is 0 Å². The zero-order valence-electron chi connectivity index (χ0n) is 4.22. The zero-order valence-corrected chi connectivity index (χ0v) is 5.79. The number of nitrogens with zero attached hydrogens (tertiary/aromatic N) is 1. The maximum Gasteiger partial charge on any atom is 0.248 e. The van der Waals surface area contributed by atoms with Crippen LogP contribution in [0.4, 0.5) is 0 Å². The minimum atomic E-state index is -0.698. The molecule has 0 aromatic carbocycles. The van der Waals surface area contributed by atoms with Gasteiger partial charge < -0.3 is 0 Å². The van der Waals surface area contributed by atoms with Gasteiger partial charge >= 0.3 is 0 Å². The van der Waals surface area contributed by atoms with Gasteiger partial charge in [0.2, 0.25) is 5.24 Å². The van der Waals surface area contributed by atoms with Crippen molar-refractivity contribution in [2.24, 2.45) is 0 Å².